The van der Waals surface area contributed by atoms with Crippen molar-refractivity contribution in [1.82, 2.24) is 19.4 Å². The number of amides is 1. The highest BCUT2D eigenvalue weighted by molar-refractivity contribution is 5.76. The van der Waals surface area contributed by atoms with Gasteiger partial charge in [0.25, 0.3) is 0 Å². The molecule has 1 aromatic rings. The number of hydrogen-bond donors (Lipinski definition) is 0. The number of carbonyl (C=O) groups excluding carboxylic acids is 1. The molecule has 2 aliphatic rings. The first-order valence-electron chi connectivity index (χ1n) is 8.18. The van der Waals surface area contributed by atoms with Crippen molar-refractivity contribution in [2.24, 2.45) is 13.0 Å². The van der Waals surface area contributed by atoms with Crippen LogP contribution in [0.3, 0.4) is 0 Å². The molecule has 2 atom stereocenters. The molecule has 6 nitrogen and oxygen atoms in total. The Hall–Kier alpha value is -1.40. The molecule has 1 amide bonds. The Bertz CT molecular complexity index is 510. The first-order chi connectivity index (χ1) is 10.6. The van der Waals surface area contributed by atoms with Gasteiger partial charge in [0.15, 0.2) is 0 Å². The number of aromatic nitrogens is 2. The average Bonchev–Trinajstić information content (AvgIpc) is 3.17. The molecule has 122 valence electrons. The summed E-state index contributed by atoms with van der Waals surface area (Å²) in [5, 5.41) is 0. The van der Waals surface area contributed by atoms with E-state index in [2.05, 4.69) is 16.9 Å². The Labute approximate surface area is 132 Å². The van der Waals surface area contributed by atoms with Gasteiger partial charge in [0, 0.05) is 58.7 Å². The van der Waals surface area contributed by atoms with E-state index in [0.717, 1.165) is 51.5 Å². The van der Waals surface area contributed by atoms with Gasteiger partial charge in [-0.05, 0) is 25.8 Å². The van der Waals surface area contributed by atoms with Crippen molar-refractivity contribution in [3.63, 3.8) is 0 Å². The topological polar surface area (TPSA) is 50.6 Å². The number of piperazine rings is 1. The molecule has 0 unspecified atom stereocenters. The van der Waals surface area contributed by atoms with E-state index < -0.39 is 0 Å². The predicted octanol–water partition coefficient (Wildman–Crippen LogP) is 1.05. The van der Waals surface area contributed by atoms with Crippen LogP contribution in [0.2, 0.25) is 0 Å². The van der Waals surface area contributed by atoms with E-state index in [4.69, 9.17) is 4.74 Å². The SMILES string of the molecule is CN1CCN(C(=O)CC[C@H]2CCOC2)C[C@H]1c1nccn1C. The van der Waals surface area contributed by atoms with E-state index >= 15 is 0 Å². The highest BCUT2D eigenvalue weighted by atomic mass is 16.5. The molecule has 0 radical (unpaired) electrons. The predicted molar refractivity (Wildman–Crippen MR) is 83.3 cm³/mol. The van der Waals surface area contributed by atoms with Crippen molar-refractivity contribution < 1.29 is 9.53 Å². The third-order valence-electron chi connectivity index (χ3n) is 4.95. The van der Waals surface area contributed by atoms with Gasteiger partial charge in [0.05, 0.1) is 6.04 Å². The summed E-state index contributed by atoms with van der Waals surface area (Å²) in [5.41, 5.74) is 0. The van der Waals surface area contributed by atoms with Gasteiger partial charge in [-0.25, -0.2) is 4.98 Å². The number of likely N-dealkylation sites (N-methyl/N-ethyl adjacent to an activating group) is 1. The van der Waals surface area contributed by atoms with E-state index in [1.54, 1.807) is 0 Å². The van der Waals surface area contributed by atoms with Gasteiger partial charge < -0.3 is 14.2 Å². The van der Waals surface area contributed by atoms with Crippen LogP contribution >= 0.6 is 0 Å². The first kappa shape index (κ1) is 15.5. The van der Waals surface area contributed by atoms with Crippen LogP contribution in [0, 0.1) is 5.92 Å². The largest absolute Gasteiger partial charge is 0.381 e. The Balaban J connectivity index is 1.57. The zero-order valence-corrected chi connectivity index (χ0v) is 13.6. The summed E-state index contributed by atoms with van der Waals surface area (Å²) in [6.07, 6.45) is 6.49. The molecule has 2 saturated heterocycles. The van der Waals surface area contributed by atoms with Crippen LogP contribution in [0.25, 0.3) is 0 Å². The van der Waals surface area contributed by atoms with Crippen molar-refractivity contribution in [2.75, 3.05) is 39.9 Å². The van der Waals surface area contributed by atoms with E-state index in [1.165, 1.54) is 0 Å². The zero-order chi connectivity index (χ0) is 15.5. The number of imidazole rings is 1. The van der Waals surface area contributed by atoms with Gasteiger partial charge in [0.2, 0.25) is 5.91 Å². The number of carbonyl (C=O) groups is 1. The Morgan fingerprint density at radius 2 is 2.27 bits per heavy atom. The van der Waals surface area contributed by atoms with Crippen molar-refractivity contribution >= 4 is 5.91 Å². The molecule has 0 spiro atoms. The number of nitrogens with zero attached hydrogens (tertiary/aromatic N) is 4. The van der Waals surface area contributed by atoms with E-state index in [-0.39, 0.29) is 11.9 Å². The normalized spacial score (nSPS) is 26.5. The second kappa shape index (κ2) is 6.79. The number of ether oxygens (including phenoxy) is 1. The monoisotopic (exact) mass is 306 g/mol. The minimum absolute atomic E-state index is 0.188. The van der Waals surface area contributed by atoms with Crippen LogP contribution in [0.5, 0.6) is 0 Å². The van der Waals surface area contributed by atoms with Gasteiger partial charge in [-0.15, -0.1) is 0 Å². The molecule has 3 rings (SSSR count). The molecule has 2 fully saturated rings. The maximum Gasteiger partial charge on any atom is 0.222 e. The lowest BCUT2D eigenvalue weighted by Gasteiger charge is -2.39. The van der Waals surface area contributed by atoms with Crippen LogP contribution in [-0.4, -0.2) is 65.2 Å². The molecular weight excluding hydrogens is 280 g/mol. The summed E-state index contributed by atoms with van der Waals surface area (Å²) in [6.45, 7) is 4.13. The lowest BCUT2D eigenvalue weighted by atomic mass is 10.0. The Kier molecular flexibility index (Phi) is 4.78. The summed E-state index contributed by atoms with van der Waals surface area (Å²) < 4.78 is 7.43. The summed E-state index contributed by atoms with van der Waals surface area (Å²) in [4.78, 5) is 21.3. The van der Waals surface area contributed by atoms with Crippen molar-refractivity contribution in [3.8, 4) is 0 Å². The maximum absolute atomic E-state index is 12.5. The molecule has 0 saturated carbocycles. The van der Waals surface area contributed by atoms with Gasteiger partial charge in [-0.3, -0.25) is 9.69 Å². The minimum atomic E-state index is 0.188. The van der Waals surface area contributed by atoms with Crippen LogP contribution in [-0.2, 0) is 16.6 Å². The summed E-state index contributed by atoms with van der Waals surface area (Å²) in [7, 11) is 4.12. The lowest BCUT2D eigenvalue weighted by molar-refractivity contribution is -0.134. The van der Waals surface area contributed by atoms with Gasteiger partial charge >= 0.3 is 0 Å². The highest BCUT2D eigenvalue weighted by Crippen LogP contribution is 2.24. The van der Waals surface area contributed by atoms with Gasteiger partial charge in [-0.2, -0.15) is 0 Å². The van der Waals surface area contributed by atoms with E-state index in [1.807, 2.05) is 28.9 Å². The third kappa shape index (κ3) is 3.33. The Morgan fingerprint density at radius 3 is 2.95 bits per heavy atom. The van der Waals surface area contributed by atoms with Crippen molar-refractivity contribution in [3.05, 3.63) is 18.2 Å². The molecule has 22 heavy (non-hydrogen) atoms. The Morgan fingerprint density at radius 1 is 1.41 bits per heavy atom. The van der Waals surface area contributed by atoms with E-state index in [9.17, 15) is 4.79 Å². The van der Waals surface area contributed by atoms with Crippen LogP contribution in [0.15, 0.2) is 12.4 Å². The summed E-state index contributed by atoms with van der Waals surface area (Å²) in [5.74, 6) is 1.88. The number of aryl methyl sites for hydroxylation is 1. The molecule has 3 heterocycles. The number of rotatable bonds is 4. The zero-order valence-electron chi connectivity index (χ0n) is 13.6. The molecule has 0 bridgehead atoms. The smallest absolute Gasteiger partial charge is 0.222 e. The van der Waals surface area contributed by atoms with E-state index in [0.29, 0.717) is 12.3 Å². The maximum atomic E-state index is 12.5. The molecule has 0 N–H and O–H groups in total. The lowest BCUT2D eigenvalue weighted by Crippen LogP contribution is -2.49. The fourth-order valence-electron chi connectivity index (χ4n) is 3.37. The standard InChI is InChI=1S/C16H26N4O2/c1-18-8-9-20(11-14(18)16-17-6-7-19(16)2)15(21)4-3-13-5-10-22-12-13/h6-7,13-14H,3-5,8-12H2,1-2H3/t13-,14-/m0/s1. The fourth-order valence-corrected chi connectivity index (χ4v) is 3.37. The van der Waals surface area contributed by atoms with Crippen LogP contribution < -0.4 is 0 Å². The third-order valence-corrected chi connectivity index (χ3v) is 4.95. The quantitative estimate of drug-likeness (QED) is 0.834. The molecule has 0 aliphatic carbocycles. The highest BCUT2D eigenvalue weighted by Gasteiger charge is 2.30. The minimum Gasteiger partial charge on any atom is -0.381 e. The molecular formula is C16H26N4O2. The van der Waals surface area contributed by atoms with Crippen LogP contribution in [0.1, 0.15) is 31.1 Å². The molecule has 0 aromatic carbocycles. The fraction of sp³-hybridized carbons (Fsp3) is 0.750. The van der Waals surface area contributed by atoms with Crippen LogP contribution in [0.4, 0.5) is 0 Å². The average molecular weight is 306 g/mol. The molecule has 6 heteroatoms. The molecule has 2 aliphatic heterocycles. The second-order valence-corrected chi connectivity index (χ2v) is 6.50. The first-order valence-corrected chi connectivity index (χ1v) is 8.18. The summed E-state index contributed by atoms with van der Waals surface area (Å²) >= 11 is 0. The van der Waals surface area contributed by atoms with Crippen molar-refractivity contribution in [1.29, 1.82) is 0 Å². The second-order valence-electron chi connectivity index (χ2n) is 6.50. The summed E-state index contributed by atoms with van der Waals surface area (Å²) in [6, 6.07) is 0.188. The molecule has 1 aromatic heterocycles. The number of hydrogen-bond acceptors (Lipinski definition) is 4. The van der Waals surface area contributed by atoms with Gasteiger partial charge in [0.1, 0.15) is 5.82 Å². The van der Waals surface area contributed by atoms with Gasteiger partial charge in [-0.1, -0.05) is 0 Å². The van der Waals surface area contributed by atoms with Crippen molar-refractivity contribution in [2.45, 2.75) is 25.3 Å².